The fourth-order valence-electron chi connectivity index (χ4n) is 2.38. The Balaban J connectivity index is 2.18. The number of amides is 1. The maximum atomic E-state index is 12.7. The number of nitrogens with one attached hydrogen (secondary N) is 1. The first kappa shape index (κ1) is 20.5. The minimum absolute atomic E-state index is 0.199. The van der Waals surface area contributed by atoms with Crippen molar-refractivity contribution in [2.24, 2.45) is 5.92 Å². The van der Waals surface area contributed by atoms with Gasteiger partial charge in [-0.05, 0) is 24.3 Å². The zero-order valence-electron chi connectivity index (χ0n) is 15.3. The number of carbonyl (C=O) groups excluding carboxylic acids is 1. The predicted octanol–water partition coefficient (Wildman–Crippen LogP) is 5.06. The van der Waals surface area contributed by atoms with Gasteiger partial charge in [0.2, 0.25) is 0 Å². The average Bonchev–Trinajstić information content (AvgIpc) is 3.26. The number of aromatic nitrogens is 2. The number of hydrogen-bond acceptors (Lipinski definition) is 5. The van der Waals surface area contributed by atoms with Crippen molar-refractivity contribution in [3.8, 4) is 10.0 Å². The van der Waals surface area contributed by atoms with Crippen molar-refractivity contribution < 1.29 is 9.18 Å². The highest BCUT2D eigenvalue weighted by atomic mass is 32.1. The van der Waals surface area contributed by atoms with Crippen molar-refractivity contribution in [2.75, 3.05) is 13.2 Å². The minimum atomic E-state index is -0.517. The molecule has 2 aromatic rings. The van der Waals surface area contributed by atoms with Gasteiger partial charge >= 0.3 is 0 Å². The van der Waals surface area contributed by atoms with Gasteiger partial charge in [-0.2, -0.15) is 0 Å². The smallest absolute Gasteiger partial charge is 0.271 e. The van der Waals surface area contributed by atoms with Crippen LogP contribution in [0, 0.1) is 5.92 Å². The number of carbonyl (C=O) groups is 1. The lowest BCUT2D eigenvalue weighted by Gasteiger charge is -2.07. The maximum absolute atomic E-state index is 12.7. The van der Waals surface area contributed by atoms with Gasteiger partial charge in [0.05, 0.1) is 0 Å². The van der Waals surface area contributed by atoms with Crippen molar-refractivity contribution in [1.82, 2.24) is 15.3 Å². The second-order valence-corrected chi connectivity index (χ2v) is 8.13. The number of allylic oxidation sites excluding steroid dienone is 2. The van der Waals surface area contributed by atoms with E-state index in [1.54, 1.807) is 12.3 Å². The number of thiazole rings is 2. The second kappa shape index (κ2) is 10.3. The molecule has 0 radical (unpaired) electrons. The highest BCUT2D eigenvalue weighted by molar-refractivity contribution is 7.20. The Morgan fingerprint density at radius 2 is 2.19 bits per heavy atom. The van der Waals surface area contributed by atoms with Crippen LogP contribution in [0.25, 0.3) is 10.0 Å². The minimum Gasteiger partial charge on any atom is -0.347 e. The summed E-state index contributed by atoms with van der Waals surface area (Å²) in [7, 11) is 0. The first-order valence-corrected chi connectivity index (χ1v) is 10.3. The molecular formula is C19H24FN3OS2. The molecule has 7 heteroatoms. The number of alkyl halides is 1. The van der Waals surface area contributed by atoms with Crippen molar-refractivity contribution >= 4 is 28.6 Å². The topological polar surface area (TPSA) is 54.9 Å². The molecule has 0 fully saturated rings. The van der Waals surface area contributed by atoms with E-state index >= 15 is 0 Å². The third kappa shape index (κ3) is 5.85. The van der Waals surface area contributed by atoms with E-state index in [0.29, 0.717) is 18.2 Å². The molecule has 1 amide bonds. The molecule has 0 unspecified atom stereocenters. The molecule has 0 aliphatic heterocycles. The SMILES string of the molecule is CC/C=C(\C=C/CF)CNC(=O)c1nc(-c2nccs2)sc1CC(C)C. The zero-order valence-corrected chi connectivity index (χ0v) is 16.9. The Kier molecular flexibility index (Phi) is 8.12. The van der Waals surface area contributed by atoms with E-state index in [1.807, 2.05) is 18.4 Å². The van der Waals surface area contributed by atoms with E-state index in [9.17, 15) is 9.18 Å². The molecule has 0 saturated heterocycles. The Hall–Kier alpha value is -1.86. The van der Waals surface area contributed by atoms with Gasteiger partial charge in [-0.1, -0.05) is 39.0 Å². The molecule has 0 aromatic carbocycles. The number of rotatable bonds is 9. The molecule has 26 heavy (non-hydrogen) atoms. The van der Waals surface area contributed by atoms with Gasteiger partial charge in [-0.25, -0.2) is 14.4 Å². The van der Waals surface area contributed by atoms with Gasteiger partial charge in [0.15, 0.2) is 10.0 Å². The van der Waals surface area contributed by atoms with Crippen LogP contribution in [0.4, 0.5) is 4.39 Å². The van der Waals surface area contributed by atoms with Crippen molar-refractivity contribution in [2.45, 2.75) is 33.6 Å². The first-order chi connectivity index (χ1) is 12.5. The largest absolute Gasteiger partial charge is 0.347 e. The molecule has 0 aliphatic carbocycles. The van der Waals surface area contributed by atoms with Crippen LogP contribution in [0.15, 0.2) is 35.4 Å². The lowest BCUT2D eigenvalue weighted by Crippen LogP contribution is -2.26. The van der Waals surface area contributed by atoms with E-state index in [1.165, 1.54) is 28.7 Å². The van der Waals surface area contributed by atoms with Crippen LogP contribution < -0.4 is 5.32 Å². The Labute approximate surface area is 161 Å². The van der Waals surface area contributed by atoms with Crippen LogP contribution in [0.5, 0.6) is 0 Å². The molecule has 0 bridgehead atoms. The summed E-state index contributed by atoms with van der Waals surface area (Å²) in [5.41, 5.74) is 1.36. The van der Waals surface area contributed by atoms with E-state index < -0.39 is 6.67 Å². The van der Waals surface area contributed by atoms with Crippen LogP contribution in [-0.4, -0.2) is 29.1 Å². The molecule has 0 saturated carbocycles. The second-order valence-electron chi connectivity index (χ2n) is 6.15. The van der Waals surface area contributed by atoms with Gasteiger partial charge in [-0.3, -0.25) is 4.79 Å². The van der Waals surface area contributed by atoms with Crippen LogP contribution in [0.3, 0.4) is 0 Å². The first-order valence-electron chi connectivity index (χ1n) is 8.64. The van der Waals surface area contributed by atoms with Crippen LogP contribution in [-0.2, 0) is 6.42 Å². The number of hydrogen-bond donors (Lipinski definition) is 1. The normalized spacial score (nSPS) is 12.3. The Morgan fingerprint density at radius 3 is 2.81 bits per heavy atom. The fourth-order valence-corrected chi connectivity index (χ4v) is 4.33. The molecule has 2 aromatic heterocycles. The summed E-state index contributed by atoms with van der Waals surface area (Å²) in [6.45, 7) is 6.08. The molecule has 0 atom stereocenters. The standard InChI is InChI=1S/C19H24FN3OS2/c1-4-6-14(7-5-8-20)12-22-17(24)16-15(11-13(2)3)26-19(23-16)18-21-9-10-25-18/h5-7,9-10,13H,4,8,11-12H2,1-3H3,(H,22,24)/b7-5-,14-6+. The summed E-state index contributed by atoms with van der Waals surface area (Å²) >= 11 is 3.04. The lowest BCUT2D eigenvalue weighted by molar-refractivity contribution is 0.0952. The van der Waals surface area contributed by atoms with E-state index in [4.69, 9.17) is 0 Å². The summed E-state index contributed by atoms with van der Waals surface area (Å²) in [6, 6.07) is 0. The molecule has 2 rings (SSSR count). The third-order valence-electron chi connectivity index (χ3n) is 3.46. The zero-order chi connectivity index (χ0) is 18.9. The van der Waals surface area contributed by atoms with Gasteiger partial charge in [0.25, 0.3) is 5.91 Å². The molecule has 0 spiro atoms. The number of halogens is 1. The average molecular weight is 394 g/mol. The van der Waals surface area contributed by atoms with E-state index in [2.05, 4.69) is 29.1 Å². The quantitative estimate of drug-likeness (QED) is 0.606. The number of nitrogens with zero attached hydrogens (tertiary/aromatic N) is 2. The monoisotopic (exact) mass is 393 g/mol. The molecule has 0 aliphatic rings. The highest BCUT2D eigenvalue weighted by Crippen LogP contribution is 2.31. The van der Waals surface area contributed by atoms with Crippen LogP contribution in [0.2, 0.25) is 0 Å². The van der Waals surface area contributed by atoms with Gasteiger partial charge in [0.1, 0.15) is 12.4 Å². The summed E-state index contributed by atoms with van der Waals surface area (Å²) in [4.78, 5) is 22.5. The molecule has 4 nitrogen and oxygen atoms in total. The van der Waals surface area contributed by atoms with Gasteiger partial charge < -0.3 is 5.32 Å². The van der Waals surface area contributed by atoms with Crippen LogP contribution in [0.1, 0.15) is 42.6 Å². The van der Waals surface area contributed by atoms with Crippen molar-refractivity contribution in [3.05, 3.63) is 45.9 Å². The molecular weight excluding hydrogens is 369 g/mol. The molecule has 140 valence electrons. The Bertz CT molecular complexity index is 764. The van der Waals surface area contributed by atoms with Gasteiger partial charge in [0, 0.05) is 23.0 Å². The molecule has 2 heterocycles. The predicted molar refractivity (Wildman–Crippen MR) is 108 cm³/mol. The summed E-state index contributed by atoms with van der Waals surface area (Å²) < 4.78 is 12.4. The Morgan fingerprint density at radius 1 is 1.38 bits per heavy atom. The summed E-state index contributed by atoms with van der Waals surface area (Å²) in [5, 5.41) is 6.42. The summed E-state index contributed by atoms with van der Waals surface area (Å²) in [6.07, 6.45) is 8.49. The van der Waals surface area contributed by atoms with Crippen molar-refractivity contribution in [3.63, 3.8) is 0 Å². The lowest BCUT2D eigenvalue weighted by atomic mass is 10.1. The van der Waals surface area contributed by atoms with E-state index in [0.717, 1.165) is 33.3 Å². The third-order valence-corrected chi connectivity index (χ3v) is 5.46. The van der Waals surface area contributed by atoms with Crippen LogP contribution >= 0.6 is 22.7 Å². The summed E-state index contributed by atoms with van der Waals surface area (Å²) in [5.74, 6) is 0.226. The molecule has 1 N–H and O–H groups in total. The van der Waals surface area contributed by atoms with E-state index in [-0.39, 0.29) is 5.91 Å². The highest BCUT2D eigenvalue weighted by Gasteiger charge is 2.20. The maximum Gasteiger partial charge on any atom is 0.271 e. The van der Waals surface area contributed by atoms with Gasteiger partial charge in [-0.15, -0.1) is 22.7 Å². The fraction of sp³-hybridized carbons (Fsp3) is 0.421. The van der Waals surface area contributed by atoms with Crippen molar-refractivity contribution in [1.29, 1.82) is 0 Å².